The zero-order chi connectivity index (χ0) is 17.8. The third-order valence-electron chi connectivity index (χ3n) is 3.81. The molecule has 0 bridgehead atoms. The lowest BCUT2D eigenvalue weighted by atomic mass is 10.1. The van der Waals surface area contributed by atoms with Crippen LogP contribution in [-0.2, 0) is 6.54 Å². The first-order valence-corrected chi connectivity index (χ1v) is 7.81. The summed E-state index contributed by atoms with van der Waals surface area (Å²) >= 11 is 0. The smallest absolute Gasteiger partial charge is 0.164 e. The minimum absolute atomic E-state index is 0.0667. The van der Waals surface area contributed by atoms with Crippen molar-refractivity contribution in [3.63, 3.8) is 0 Å². The fourth-order valence-electron chi connectivity index (χ4n) is 2.55. The topological polar surface area (TPSA) is 56.1 Å². The molecule has 5 nitrogen and oxygen atoms in total. The number of hydrogen-bond acceptors (Lipinski definition) is 4. The molecule has 0 saturated heterocycles. The van der Waals surface area contributed by atoms with E-state index in [0.717, 1.165) is 17.1 Å². The lowest BCUT2D eigenvalue weighted by molar-refractivity contribution is 0.101. The molecule has 0 radical (unpaired) electrons. The maximum atomic E-state index is 13.8. The van der Waals surface area contributed by atoms with Crippen LogP contribution in [0.5, 0.6) is 5.75 Å². The fourth-order valence-corrected chi connectivity index (χ4v) is 2.55. The molecule has 0 aliphatic heterocycles. The Hall–Kier alpha value is -3.15. The van der Waals surface area contributed by atoms with Crippen LogP contribution >= 0.6 is 0 Å². The Labute approximate surface area is 145 Å². The van der Waals surface area contributed by atoms with Crippen LogP contribution in [-0.4, -0.2) is 22.7 Å². The Morgan fingerprint density at radius 2 is 1.96 bits per heavy atom. The van der Waals surface area contributed by atoms with Gasteiger partial charge in [0.15, 0.2) is 5.78 Å². The van der Waals surface area contributed by atoms with Gasteiger partial charge in [0.25, 0.3) is 0 Å². The molecule has 6 heteroatoms. The molecule has 0 aliphatic rings. The van der Waals surface area contributed by atoms with Crippen LogP contribution in [0, 0.1) is 5.82 Å². The van der Waals surface area contributed by atoms with Crippen LogP contribution in [0.15, 0.2) is 54.7 Å². The Kier molecular flexibility index (Phi) is 4.79. The molecule has 3 aromatic rings. The highest BCUT2D eigenvalue weighted by Gasteiger charge is 2.13. The van der Waals surface area contributed by atoms with E-state index in [4.69, 9.17) is 4.74 Å². The highest BCUT2D eigenvalue weighted by Crippen LogP contribution is 2.20. The van der Waals surface area contributed by atoms with Crippen molar-refractivity contribution in [2.24, 2.45) is 0 Å². The summed E-state index contributed by atoms with van der Waals surface area (Å²) in [5, 5.41) is 7.56. The fraction of sp³-hybridized carbons (Fsp3) is 0.158. The number of anilines is 1. The number of ketones is 1. The van der Waals surface area contributed by atoms with Crippen molar-refractivity contribution in [2.75, 3.05) is 12.4 Å². The van der Waals surface area contributed by atoms with Crippen LogP contribution in [0.3, 0.4) is 0 Å². The number of nitrogens with one attached hydrogen (secondary N) is 1. The number of halogens is 1. The molecule has 0 saturated carbocycles. The summed E-state index contributed by atoms with van der Waals surface area (Å²) in [7, 11) is 1.62. The first-order valence-electron chi connectivity index (χ1n) is 7.81. The number of ether oxygens (including phenoxy) is 1. The predicted octanol–water partition coefficient (Wildman–Crippen LogP) is 3.83. The summed E-state index contributed by atoms with van der Waals surface area (Å²) in [5.41, 5.74) is 2.21. The van der Waals surface area contributed by atoms with Crippen molar-refractivity contribution in [2.45, 2.75) is 13.5 Å². The normalized spacial score (nSPS) is 10.5. The third-order valence-corrected chi connectivity index (χ3v) is 3.81. The number of hydrogen-bond donors (Lipinski definition) is 1. The third kappa shape index (κ3) is 3.68. The average molecular weight is 339 g/mol. The summed E-state index contributed by atoms with van der Waals surface area (Å²) in [6.45, 7) is 1.73. The molecule has 25 heavy (non-hydrogen) atoms. The highest BCUT2D eigenvalue weighted by molar-refractivity contribution is 5.99. The quantitative estimate of drug-likeness (QED) is 0.694. The first-order chi connectivity index (χ1) is 12.1. The van der Waals surface area contributed by atoms with E-state index in [1.807, 2.05) is 36.5 Å². The van der Waals surface area contributed by atoms with E-state index in [2.05, 4.69) is 10.4 Å². The van der Waals surface area contributed by atoms with Crippen LogP contribution in [0.2, 0.25) is 0 Å². The number of rotatable bonds is 6. The van der Waals surface area contributed by atoms with Gasteiger partial charge in [-0.15, -0.1) is 0 Å². The maximum Gasteiger partial charge on any atom is 0.164 e. The van der Waals surface area contributed by atoms with Gasteiger partial charge in [0.05, 0.1) is 30.6 Å². The van der Waals surface area contributed by atoms with Gasteiger partial charge in [0.1, 0.15) is 11.6 Å². The van der Waals surface area contributed by atoms with Gasteiger partial charge in [-0.2, -0.15) is 5.10 Å². The molecule has 1 heterocycles. The Bertz CT molecular complexity index is 888. The molecule has 1 N–H and O–H groups in total. The standard InChI is InChI=1S/C19H18FN3O2/c1-13(24)19-17(20)4-3-5-18(19)21-12-14-10-11-23(22-14)15-6-8-16(25-2)9-7-15/h3-11,21H,12H2,1-2H3. The molecule has 3 rings (SSSR count). The van der Waals surface area contributed by atoms with Crippen molar-refractivity contribution in [3.05, 3.63) is 71.8 Å². The van der Waals surface area contributed by atoms with Crippen LogP contribution in [0.25, 0.3) is 5.69 Å². The van der Waals surface area contributed by atoms with Crippen LogP contribution < -0.4 is 10.1 Å². The Morgan fingerprint density at radius 3 is 2.64 bits per heavy atom. The lowest BCUT2D eigenvalue weighted by Crippen LogP contribution is -2.08. The number of methoxy groups -OCH3 is 1. The van der Waals surface area contributed by atoms with E-state index in [-0.39, 0.29) is 11.3 Å². The lowest BCUT2D eigenvalue weighted by Gasteiger charge is -2.09. The summed E-state index contributed by atoms with van der Waals surface area (Å²) < 4.78 is 20.7. The van der Waals surface area contributed by atoms with E-state index in [9.17, 15) is 9.18 Å². The summed E-state index contributed by atoms with van der Waals surface area (Å²) in [6.07, 6.45) is 1.84. The maximum absolute atomic E-state index is 13.8. The monoisotopic (exact) mass is 339 g/mol. The summed E-state index contributed by atoms with van der Waals surface area (Å²) in [5.74, 6) is -0.0636. The van der Waals surface area contributed by atoms with Gasteiger partial charge in [-0.05, 0) is 49.4 Å². The van der Waals surface area contributed by atoms with E-state index in [1.165, 1.54) is 13.0 Å². The number of carbonyl (C=O) groups excluding carboxylic acids is 1. The van der Waals surface area contributed by atoms with E-state index >= 15 is 0 Å². The van der Waals surface area contributed by atoms with Gasteiger partial charge in [-0.3, -0.25) is 4.79 Å². The Morgan fingerprint density at radius 1 is 1.20 bits per heavy atom. The predicted molar refractivity (Wildman–Crippen MR) is 93.8 cm³/mol. The second kappa shape index (κ2) is 7.17. The molecule has 0 atom stereocenters. The van der Waals surface area contributed by atoms with Gasteiger partial charge >= 0.3 is 0 Å². The van der Waals surface area contributed by atoms with E-state index < -0.39 is 5.82 Å². The minimum Gasteiger partial charge on any atom is -0.497 e. The van der Waals surface area contributed by atoms with Crippen LogP contribution in [0.4, 0.5) is 10.1 Å². The number of aromatic nitrogens is 2. The SMILES string of the molecule is COc1ccc(-n2ccc(CNc3cccc(F)c3C(C)=O)n2)cc1. The zero-order valence-corrected chi connectivity index (χ0v) is 14.0. The first kappa shape index (κ1) is 16.7. The minimum atomic E-state index is -0.527. The van der Waals surface area contributed by atoms with Gasteiger partial charge in [0.2, 0.25) is 0 Å². The summed E-state index contributed by atoms with van der Waals surface area (Å²) in [6, 6.07) is 13.9. The highest BCUT2D eigenvalue weighted by atomic mass is 19.1. The van der Waals surface area contributed by atoms with Crippen LogP contribution in [0.1, 0.15) is 23.0 Å². The van der Waals surface area contributed by atoms with Gasteiger partial charge in [0, 0.05) is 11.9 Å². The van der Waals surface area contributed by atoms with Gasteiger partial charge in [-0.1, -0.05) is 6.07 Å². The van der Waals surface area contributed by atoms with Gasteiger partial charge in [-0.25, -0.2) is 9.07 Å². The van der Waals surface area contributed by atoms with E-state index in [1.54, 1.807) is 23.9 Å². The molecule has 0 amide bonds. The van der Waals surface area contributed by atoms with E-state index in [0.29, 0.717) is 12.2 Å². The largest absolute Gasteiger partial charge is 0.497 e. The van der Waals surface area contributed by atoms with Crippen molar-refractivity contribution in [1.82, 2.24) is 9.78 Å². The summed E-state index contributed by atoms with van der Waals surface area (Å²) in [4.78, 5) is 11.6. The number of carbonyl (C=O) groups is 1. The number of benzene rings is 2. The number of Topliss-reactive ketones (excluding diaryl/α,β-unsaturated/α-hetero) is 1. The molecular weight excluding hydrogens is 321 g/mol. The van der Waals surface area contributed by atoms with Crippen molar-refractivity contribution in [3.8, 4) is 11.4 Å². The van der Waals surface area contributed by atoms with Crippen molar-refractivity contribution >= 4 is 11.5 Å². The Balaban J connectivity index is 1.74. The molecule has 1 aromatic heterocycles. The molecular formula is C19H18FN3O2. The number of nitrogens with zero attached hydrogens (tertiary/aromatic N) is 2. The molecule has 0 spiro atoms. The molecule has 0 fully saturated rings. The zero-order valence-electron chi connectivity index (χ0n) is 14.0. The molecule has 0 aliphatic carbocycles. The van der Waals surface area contributed by atoms with Crippen molar-refractivity contribution in [1.29, 1.82) is 0 Å². The second-order valence-electron chi connectivity index (χ2n) is 5.52. The second-order valence-corrected chi connectivity index (χ2v) is 5.52. The molecule has 0 unspecified atom stereocenters. The molecule has 2 aromatic carbocycles. The average Bonchev–Trinajstić information content (AvgIpc) is 3.08. The van der Waals surface area contributed by atoms with Crippen molar-refractivity contribution < 1.29 is 13.9 Å². The molecule has 128 valence electrons. The van der Waals surface area contributed by atoms with Gasteiger partial charge < -0.3 is 10.1 Å².